The van der Waals surface area contributed by atoms with Crippen molar-refractivity contribution in [3.63, 3.8) is 0 Å². The van der Waals surface area contributed by atoms with Crippen LogP contribution < -0.4 is 4.90 Å². The number of nitrogens with zero attached hydrogens (tertiary/aromatic N) is 1. The summed E-state index contributed by atoms with van der Waals surface area (Å²) in [6.07, 6.45) is 0. The Labute approximate surface area is 282 Å². The average Bonchev–Trinajstić information content (AvgIpc) is 3.75. The van der Waals surface area contributed by atoms with Gasteiger partial charge in [0, 0.05) is 39.0 Å². The Morgan fingerprint density at radius 3 is 1.55 bits per heavy atom. The van der Waals surface area contributed by atoms with Gasteiger partial charge in [0.05, 0.1) is 5.69 Å². The molecule has 49 heavy (non-hydrogen) atoms. The van der Waals surface area contributed by atoms with Gasteiger partial charge in [0.25, 0.3) is 0 Å². The molecule has 0 atom stereocenters. The van der Waals surface area contributed by atoms with Gasteiger partial charge in [-0.3, -0.25) is 0 Å². The van der Waals surface area contributed by atoms with Gasteiger partial charge >= 0.3 is 0 Å². The maximum absolute atomic E-state index is 6.85. The molecule has 0 saturated heterocycles. The zero-order chi connectivity index (χ0) is 32.3. The van der Waals surface area contributed by atoms with Crippen LogP contribution in [0, 0.1) is 0 Å². The third-order valence-corrected chi connectivity index (χ3v) is 9.66. The van der Waals surface area contributed by atoms with Crippen LogP contribution in [0.5, 0.6) is 0 Å². The molecule has 0 aliphatic rings. The molecule has 0 N–H and O–H groups in total. The van der Waals surface area contributed by atoms with E-state index in [-0.39, 0.29) is 0 Å². The molecule has 0 bridgehead atoms. The van der Waals surface area contributed by atoms with Crippen molar-refractivity contribution in [1.29, 1.82) is 0 Å². The molecule has 2 aromatic heterocycles. The minimum absolute atomic E-state index is 0.823. The van der Waals surface area contributed by atoms with Crippen LogP contribution in [0.15, 0.2) is 185 Å². The van der Waals surface area contributed by atoms with Crippen LogP contribution in [0.25, 0.3) is 76.9 Å². The number of furan rings is 2. The van der Waals surface area contributed by atoms with Crippen molar-refractivity contribution < 1.29 is 8.83 Å². The van der Waals surface area contributed by atoms with Gasteiger partial charge in [-0.05, 0) is 69.4 Å². The molecule has 0 spiro atoms. The van der Waals surface area contributed by atoms with Gasteiger partial charge in [0.1, 0.15) is 16.7 Å². The second-order valence-electron chi connectivity index (χ2n) is 12.5. The highest BCUT2D eigenvalue weighted by Crippen LogP contribution is 2.49. The minimum atomic E-state index is 0.823. The van der Waals surface area contributed by atoms with E-state index in [0.717, 1.165) is 72.1 Å². The van der Waals surface area contributed by atoms with Crippen molar-refractivity contribution in [1.82, 2.24) is 0 Å². The van der Waals surface area contributed by atoms with E-state index in [2.05, 4.69) is 163 Å². The Kier molecular flexibility index (Phi) is 6.18. The lowest BCUT2D eigenvalue weighted by atomic mass is 9.99. The largest absolute Gasteiger partial charge is 0.456 e. The quantitative estimate of drug-likeness (QED) is 0.190. The summed E-state index contributed by atoms with van der Waals surface area (Å²) in [6.45, 7) is 0. The number of para-hydroxylation sites is 1. The summed E-state index contributed by atoms with van der Waals surface area (Å²) >= 11 is 0. The van der Waals surface area contributed by atoms with E-state index in [9.17, 15) is 0 Å². The van der Waals surface area contributed by atoms with E-state index < -0.39 is 0 Å². The van der Waals surface area contributed by atoms with Crippen LogP contribution in [0.4, 0.5) is 17.1 Å². The standard InChI is InChI=1S/C46H29NO2/c1-3-11-30(12-4-1)32-19-24-35(25-20-32)47(36-26-21-33(22-27-36)31-13-5-2-6-14-31)39-29-42-45(44-38-17-9-10-18-40(38)49-46(39)44)43-37-16-8-7-15-34(37)23-28-41(43)48-42/h1-29H. The zero-order valence-corrected chi connectivity index (χ0v) is 26.5. The molecule has 10 aromatic rings. The number of anilines is 3. The fraction of sp³-hybridized carbons (Fsp3) is 0. The predicted octanol–water partition coefficient (Wildman–Crippen LogP) is 13.4. The number of rotatable bonds is 5. The Balaban J connectivity index is 1.26. The van der Waals surface area contributed by atoms with Gasteiger partial charge < -0.3 is 13.7 Å². The van der Waals surface area contributed by atoms with Gasteiger partial charge in [-0.2, -0.15) is 0 Å². The zero-order valence-electron chi connectivity index (χ0n) is 26.5. The molecule has 0 aliphatic heterocycles. The van der Waals surface area contributed by atoms with Crippen molar-refractivity contribution >= 4 is 71.7 Å². The van der Waals surface area contributed by atoms with Crippen molar-refractivity contribution in [2.24, 2.45) is 0 Å². The van der Waals surface area contributed by atoms with Crippen LogP contribution in [0.2, 0.25) is 0 Å². The second-order valence-corrected chi connectivity index (χ2v) is 12.5. The SMILES string of the molecule is c1ccc(-c2ccc(N(c3ccc(-c4ccccc4)cc3)c3cc4oc5ccc6ccccc6c5c4c4c3oc3ccccc34)cc2)cc1. The first kappa shape index (κ1) is 27.5. The Bertz CT molecular complexity index is 2710. The number of hydrogen-bond acceptors (Lipinski definition) is 3. The van der Waals surface area contributed by atoms with Crippen LogP contribution in [0.3, 0.4) is 0 Å². The molecule has 2 heterocycles. The Morgan fingerprint density at radius 2 is 0.898 bits per heavy atom. The lowest BCUT2D eigenvalue weighted by Gasteiger charge is -2.26. The molecular weight excluding hydrogens is 599 g/mol. The molecule has 3 nitrogen and oxygen atoms in total. The summed E-state index contributed by atoms with van der Waals surface area (Å²) in [6, 6.07) is 61.8. The third kappa shape index (κ3) is 4.44. The second kappa shape index (κ2) is 11.0. The fourth-order valence-corrected chi connectivity index (χ4v) is 7.36. The van der Waals surface area contributed by atoms with E-state index in [1.54, 1.807) is 0 Å². The molecule has 8 aromatic carbocycles. The van der Waals surface area contributed by atoms with Crippen molar-refractivity contribution in [2.45, 2.75) is 0 Å². The van der Waals surface area contributed by atoms with Crippen LogP contribution in [0.1, 0.15) is 0 Å². The molecule has 0 fully saturated rings. The van der Waals surface area contributed by atoms with Crippen molar-refractivity contribution in [3.8, 4) is 22.3 Å². The van der Waals surface area contributed by atoms with Crippen molar-refractivity contribution in [3.05, 3.63) is 176 Å². The van der Waals surface area contributed by atoms with Gasteiger partial charge in [-0.25, -0.2) is 0 Å². The first-order valence-electron chi connectivity index (χ1n) is 16.6. The summed E-state index contributed by atoms with van der Waals surface area (Å²) in [7, 11) is 0. The third-order valence-electron chi connectivity index (χ3n) is 9.66. The molecule has 10 rings (SSSR count). The highest BCUT2D eigenvalue weighted by molar-refractivity contribution is 6.32. The van der Waals surface area contributed by atoms with E-state index in [1.165, 1.54) is 21.9 Å². The Hall–Kier alpha value is -6.58. The first-order valence-corrected chi connectivity index (χ1v) is 16.6. The maximum atomic E-state index is 6.85. The maximum Gasteiger partial charge on any atom is 0.160 e. The lowest BCUT2D eigenvalue weighted by Crippen LogP contribution is -2.10. The first-order chi connectivity index (χ1) is 24.3. The fourth-order valence-electron chi connectivity index (χ4n) is 7.36. The number of hydrogen-bond donors (Lipinski definition) is 0. The normalized spacial score (nSPS) is 11.7. The summed E-state index contributed by atoms with van der Waals surface area (Å²) in [5.41, 5.74) is 11.0. The molecule has 0 unspecified atom stereocenters. The highest BCUT2D eigenvalue weighted by atomic mass is 16.3. The molecule has 230 valence electrons. The summed E-state index contributed by atoms with van der Waals surface area (Å²) < 4.78 is 13.6. The van der Waals surface area contributed by atoms with Gasteiger partial charge in [-0.1, -0.05) is 133 Å². The lowest BCUT2D eigenvalue weighted by molar-refractivity contribution is 0.663. The van der Waals surface area contributed by atoms with Gasteiger partial charge in [0.2, 0.25) is 0 Å². The van der Waals surface area contributed by atoms with E-state index in [0.29, 0.717) is 0 Å². The molecule has 0 saturated carbocycles. The molecule has 3 heteroatoms. The summed E-state index contributed by atoms with van der Waals surface area (Å²) in [5, 5.41) is 6.67. The molecular formula is C46H29NO2. The monoisotopic (exact) mass is 627 g/mol. The van der Waals surface area contributed by atoms with E-state index in [1.807, 2.05) is 18.2 Å². The van der Waals surface area contributed by atoms with Gasteiger partial charge in [0.15, 0.2) is 5.58 Å². The highest BCUT2D eigenvalue weighted by Gasteiger charge is 2.25. The Morgan fingerprint density at radius 1 is 0.347 bits per heavy atom. The smallest absolute Gasteiger partial charge is 0.160 e. The summed E-state index contributed by atoms with van der Waals surface area (Å²) in [4.78, 5) is 2.29. The van der Waals surface area contributed by atoms with Gasteiger partial charge in [-0.15, -0.1) is 0 Å². The van der Waals surface area contributed by atoms with Crippen LogP contribution in [-0.2, 0) is 0 Å². The topological polar surface area (TPSA) is 29.5 Å². The van der Waals surface area contributed by atoms with Crippen LogP contribution >= 0.6 is 0 Å². The molecule has 0 aliphatic carbocycles. The van der Waals surface area contributed by atoms with E-state index in [4.69, 9.17) is 8.83 Å². The average molecular weight is 628 g/mol. The summed E-state index contributed by atoms with van der Waals surface area (Å²) in [5.74, 6) is 0. The minimum Gasteiger partial charge on any atom is -0.456 e. The number of benzene rings is 8. The van der Waals surface area contributed by atoms with Crippen molar-refractivity contribution in [2.75, 3.05) is 4.90 Å². The van der Waals surface area contributed by atoms with Crippen LogP contribution in [-0.4, -0.2) is 0 Å². The molecule has 0 amide bonds. The van der Waals surface area contributed by atoms with E-state index >= 15 is 0 Å². The molecule has 0 radical (unpaired) electrons. The number of fused-ring (bicyclic) bond motifs is 9. The predicted molar refractivity (Wildman–Crippen MR) is 204 cm³/mol.